The Balaban J connectivity index is 1.08. The minimum atomic E-state index is -0.810. The predicted molar refractivity (Wildman–Crippen MR) is 175 cm³/mol. The summed E-state index contributed by atoms with van der Waals surface area (Å²) >= 11 is 0. The first-order valence-electron chi connectivity index (χ1n) is 16.2. The smallest absolute Gasteiger partial charge is 0.233 e. The molecule has 0 spiro atoms. The van der Waals surface area contributed by atoms with Gasteiger partial charge in [-0.25, -0.2) is 8.78 Å². The van der Waals surface area contributed by atoms with Gasteiger partial charge in [0.25, 0.3) is 0 Å². The lowest BCUT2D eigenvalue weighted by Crippen LogP contribution is -2.55. The van der Waals surface area contributed by atoms with Crippen molar-refractivity contribution in [1.29, 1.82) is 0 Å². The fraction of sp³-hybridized carbons (Fsp3) is 0.342. The van der Waals surface area contributed by atoms with Crippen molar-refractivity contribution in [2.75, 3.05) is 37.6 Å². The number of carbonyl (C=O) groups is 1. The van der Waals surface area contributed by atoms with Crippen LogP contribution in [0.15, 0.2) is 97.1 Å². The third-order valence-electron chi connectivity index (χ3n) is 9.29. The number of carbonyl (C=O) groups excluding carboxylic acids is 1. The number of aliphatic hydroxyl groups excluding tert-OH is 1. The normalized spacial score (nSPS) is 19.6. The second kappa shape index (κ2) is 14.5. The molecule has 240 valence electrons. The zero-order valence-corrected chi connectivity index (χ0v) is 26.2. The maximum Gasteiger partial charge on any atom is 0.233 e. The third-order valence-corrected chi connectivity index (χ3v) is 9.29. The van der Waals surface area contributed by atoms with Crippen LogP contribution in [0.1, 0.15) is 54.2 Å². The molecule has 1 amide bonds. The largest absolute Gasteiger partial charge is 0.489 e. The van der Waals surface area contributed by atoms with Gasteiger partial charge in [-0.15, -0.1) is 0 Å². The molecule has 4 aromatic rings. The number of amides is 1. The summed E-state index contributed by atoms with van der Waals surface area (Å²) in [5, 5.41) is 10.7. The molecule has 0 saturated carbocycles. The molecule has 6 nitrogen and oxygen atoms in total. The lowest BCUT2D eigenvalue weighted by molar-refractivity contribution is -0.131. The van der Waals surface area contributed by atoms with Crippen molar-refractivity contribution in [3.05, 3.63) is 131 Å². The SMILES string of the molecule is CCN1CCN(Cc2ccc(COc3ccc(C4C(CCC(O)c5ccc(F)cc5)C(=O)N4c4ccc(F)cc4)cc3)cc2)CC1. The number of ether oxygens (including phenoxy) is 1. The summed E-state index contributed by atoms with van der Waals surface area (Å²) in [5.41, 5.74) is 4.57. The summed E-state index contributed by atoms with van der Waals surface area (Å²) in [7, 11) is 0. The van der Waals surface area contributed by atoms with Gasteiger partial charge < -0.3 is 19.6 Å². The van der Waals surface area contributed by atoms with Gasteiger partial charge in [0, 0.05) is 38.4 Å². The van der Waals surface area contributed by atoms with Crippen molar-refractivity contribution >= 4 is 11.6 Å². The number of benzene rings is 4. The van der Waals surface area contributed by atoms with Crippen molar-refractivity contribution in [3.8, 4) is 5.75 Å². The summed E-state index contributed by atoms with van der Waals surface area (Å²) in [6.45, 7) is 9.20. The maximum atomic E-state index is 13.7. The first kappa shape index (κ1) is 31.9. The van der Waals surface area contributed by atoms with Gasteiger partial charge in [0.05, 0.1) is 18.1 Å². The van der Waals surface area contributed by atoms with Crippen molar-refractivity contribution in [3.63, 3.8) is 0 Å². The van der Waals surface area contributed by atoms with E-state index in [1.165, 1.54) is 29.8 Å². The Morgan fingerprint density at radius 2 is 1.37 bits per heavy atom. The number of likely N-dealkylation sites (N-methyl/N-ethyl adjacent to an activating group) is 1. The fourth-order valence-corrected chi connectivity index (χ4v) is 6.48. The van der Waals surface area contributed by atoms with E-state index in [-0.39, 0.29) is 29.5 Å². The van der Waals surface area contributed by atoms with Crippen molar-refractivity contribution in [2.24, 2.45) is 5.92 Å². The molecule has 0 aliphatic carbocycles. The van der Waals surface area contributed by atoms with Crippen LogP contribution in [0, 0.1) is 17.6 Å². The van der Waals surface area contributed by atoms with Gasteiger partial charge in [0.15, 0.2) is 0 Å². The first-order chi connectivity index (χ1) is 22.4. The number of rotatable bonds is 12. The van der Waals surface area contributed by atoms with Crippen LogP contribution in [0.4, 0.5) is 14.5 Å². The molecule has 2 aliphatic rings. The zero-order valence-electron chi connectivity index (χ0n) is 26.2. The van der Waals surface area contributed by atoms with E-state index in [4.69, 9.17) is 4.74 Å². The highest BCUT2D eigenvalue weighted by atomic mass is 19.1. The van der Waals surface area contributed by atoms with Crippen LogP contribution in [0.2, 0.25) is 0 Å². The predicted octanol–water partition coefficient (Wildman–Crippen LogP) is 6.90. The van der Waals surface area contributed by atoms with Crippen molar-refractivity contribution in [2.45, 2.75) is 45.1 Å². The quantitative estimate of drug-likeness (QED) is 0.174. The highest BCUT2D eigenvalue weighted by Crippen LogP contribution is 2.46. The summed E-state index contributed by atoms with van der Waals surface area (Å²) < 4.78 is 33.1. The van der Waals surface area contributed by atoms with E-state index < -0.39 is 6.10 Å². The molecule has 0 bridgehead atoms. The Labute approximate surface area is 269 Å². The van der Waals surface area contributed by atoms with Crippen molar-refractivity contribution < 1.29 is 23.4 Å². The molecule has 3 atom stereocenters. The molecule has 1 N–H and O–H groups in total. The average molecular weight is 626 g/mol. The van der Waals surface area contributed by atoms with Gasteiger partial charge in [-0.05, 0) is 90.2 Å². The third kappa shape index (κ3) is 7.47. The van der Waals surface area contributed by atoms with Gasteiger partial charge in [-0.3, -0.25) is 9.69 Å². The second-order valence-electron chi connectivity index (χ2n) is 12.3. The fourth-order valence-electron chi connectivity index (χ4n) is 6.48. The number of hydrogen-bond acceptors (Lipinski definition) is 5. The molecular formula is C38H41F2N3O3. The summed E-state index contributed by atoms with van der Waals surface area (Å²) in [5.74, 6) is -0.439. The summed E-state index contributed by atoms with van der Waals surface area (Å²) in [6.07, 6.45) is -0.0101. The van der Waals surface area contributed by atoms with E-state index in [0.29, 0.717) is 30.7 Å². The second-order valence-corrected chi connectivity index (χ2v) is 12.3. The maximum absolute atomic E-state index is 13.7. The van der Waals surface area contributed by atoms with Gasteiger partial charge >= 0.3 is 0 Å². The van der Waals surface area contributed by atoms with E-state index in [0.717, 1.165) is 56.1 Å². The minimum absolute atomic E-state index is 0.0742. The molecule has 8 heteroatoms. The zero-order chi connectivity index (χ0) is 32.0. The van der Waals surface area contributed by atoms with Gasteiger partial charge in [0.1, 0.15) is 24.0 Å². The van der Waals surface area contributed by atoms with E-state index in [2.05, 4.69) is 41.0 Å². The molecule has 0 radical (unpaired) electrons. The molecule has 2 saturated heterocycles. The van der Waals surface area contributed by atoms with E-state index in [1.807, 2.05) is 24.3 Å². The van der Waals surface area contributed by atoms with Crippen LogP contribution in [0.3, 0.4) is 0 Å². The molecule has 2 aliphatic heterocycles. The average Bonchev–Trinajstić information content (AvgIpc) is 3.08. The first-order valence-corrected chi connectivity index (χ1v) is 16.2. The van der Waals surface area contributed by atoms with Crippen molar-refractivity contribution in [1.82, 2.24) is 9.80 Å². The van der Waals surface area contributed by atoms with Gasteiger partial charge in [-0.2, -0.15) is 0 Å². The van der Waals surface area contributed by atoms with Gasteiger partial charge in [-0.1, -0.05) is 55.5 Å². The number of piperazine rings is 1. The number of halogens is 2. The topological polar surface area (TPSA) is 56.2 Å². The lowest BCUT2D eigenvalue weighted by Gasteiger charge is -2.48. The molecule has 2 fully saturated rings. The molecule has 6 rings (SSSR count). The number of β-lactam (4-membered cyclic amide) rings is 1. The van der Waals surface area contributed by atoms with Crippen LogP contribution in [0.25, 0.3) is 0 Å². The van der Waals surface area contributed by atoms with Gasteiger partial charge in [0.2, 0.25) is 5.91 Å². The van der Waals surface area contributed by atoms with Crippen LogP contribution in [-0.2, 0) is 17.9 Å². The Morgan fingerprint density at radius 3 is 2.00 bits per heavy atom. The van der Waals surface area contributed by atoms with Crippen LogP contribution < -0.4 is 9.64 Å². The molecular weight excluding hydrogens is 584 g/mol. The Morgan fingerprint density at radius 1 is 0.783 bits per heavy atom. The van der Waals surface area contributed by atoms with E-state index in [1.54, 1.807) is 29.2 Å². The van der Waals surface area contributed by atoms with E-state index >= 15 is 0 Å². The standard InChI is InChI=1S/C38H41F2N3O3/c1-2-41-21-23-42(24-22-41)25-27-3-5-28(6-4-27)26-46-34-17-9-30(10-18-34)37-35(19-20-36(44)29-7-11-31(39)12-8-29)38(45)43(37)33-15-13-32(40)14-16-33/h3-18,35-37,44H,2,19-26H2,1H3. The Kier molecular flexibility index (Phi) is 10.1. The molecule has 4 aromatic carbocycles. The number of aliphatic hydroxyl groups is 1. The molecule has 3 unspecified atom stereocenters. The van der Waals surface area contributed by atoms with Crippen LogP contribution in [0.5, 0.6) is 5.75 Å². The molecule has 46 heavy (non-hydrogen) atoms. The lowest BCUT2D eigenvalue weighted by atomic mass is 9.78. The van der Waals surface area contributed by atoms with E-state index in [9.17, 15) is 18.7 Å². The highest BCUT2D eigenvalue weighted by Gasteiger charge is 2.48. The monoisotopic (exact) mass is 625 g/mol. The summed E-state index contributed by atoms with van der Waals surface area (Å²) in [4.78, 5) is 20.1. The van der Waals surface area contributed by atoms with Crippen LogP contribution >= 0.6 is 0 Å². The Hall–Kier alpha value is -4.11. The Bertz CT molecular complexity index is 1570. The summed E-state index contributed by atoms with van der Waals surface area (Å²) in [6, 6.07) is 27.8. The highest BCUT2D eigenvalue weighted by molar-refractivity contribution is 6.03. The molecule has 0 aromatic heterocycles. The number of hydrogen-bond donors (Lipinski definition) is 1. The molecule has 2 heterocycles. The minimum Gasteiger partial charge on any atom is -0.489 e. The number of nitrogens with zero attached hydrogens (tertiary/aromatic N) is 3. The van der Waals surface area contributed by atoms with Crippen LogP contribution in [-0.4, -0.2) is 53.5 Å². The number of anilines is 1.